The minimum atomic E-state index is 0.269. The molecule has 0 fully saturated rings. The molecule has 3 aromatic heterocycles. The lowest BCUT2D eigenvalue weighted by Crippen LogP contribution is -2.03. The van der Waals surface area contributed by atoms with Gasteiger partial charge in [0.25, 0.3) is 0 Å². The summed E-state index contributed by atoms with van der Waals surface area (Å²) in [6.45, 7) is 2.06. The number of fused-ring (bicyclic) bond motifs is 1. The van der Waals surface area contributed by atoms with Crippen molar-refractivity contribution >= 4 is 33.2 Å². The average molecular weight is 265 g/mol. The van der Waals surface area contributed by atoms with Crippen molar-refractivity contribution in [1.82, 2.24) is 19.5 Å². The summed E-state index contributed by atoms with van der Waals surface area (Å²) in [5.41, 5.74) is 0. The second kappa shape index (κ2) is 4.09. The molecule has 0 atom stereocenters. The van der Waals surface area contributed by atoms with Crippen molar-refractivity contribution in [2.24, 2.45) is 0 Å². The Labute approximate surface area is 107 Å². The van der Waals surface area contributed by atoms with E-state index < -0.39 is 0 Å². The number of aromatic nitrogens is 4. The number of hydrogen-bond acceptors (Lipinski definition) is 4. The van der Waals surface area contributed by atoms with Crippen molar-refractivity contribution in [2.75, 3.05) is 0 Å². The normalized spacial score (nSPS) is 11.2. The molecule has 86 valence electrons. The molecule has 0 aliphatic rings. The third kappa shape index (κ3) is 1.71. The number of aryl methyl sites for hydroxylation is 1. The summed E-state index contributed by atoms with van der Waals surface area (Å²) in [4.78, 5) is 13.7. The fourth-order valence-electron chi connectivity index (χ4n) is 1.79. The Morgan fingerprint density at radius 3 is 3.12 bits per heavy atom. The van der Waals surface area contributed by atoms with E-state index in [9.17, 15) is 0 Å². The van der Waals surface area contributed by atoms with Gasteiger partial charge in [-0.1, -0.05) is 6.92 Å². The van der Waals surface area contributed by atoms with E-state index >= 15 is 0 Å². The van der Waals surface area contributed by atoms with Gasteiger partial charge in [-0.05, 0) is 23.0 Å². The number of rotatable bonds is 2. The molecule has 0 unspecified atom stereocenters. The van der Waals surface area contributed by atoms with Crippen LogP contribution in [0, 0.1) is 0 Å². The van der Waals surface area contributed by atoms with E-state index in [1.807, 2.05) is 22.2 Å². The van der Waals surface area contributed by atoms with Gasteiger partial charge in [0.2, 0.25) is 5.28 Å². The topological polar surface area (TPSA) is 43.6 Å². The van der Waals surface area contributed by atoms with E-state index in [0.29, 0.717) is 0 Å². The molecule has 0 saturated carbocycles. The van der Waals surface area contributed by atoms with Gasteiger partial charge in [-0.25, -0.2) is 9.97 Å². The molecule has 3 aromatic rings. The van der Waals surface area contributed by atoms with Gasteiger partial charge in [0.15, 0.2) is 5.82 Å². The molecule has 6 heteroatoms. The lowest BCUT2D eigenvalue weighted by molar-refractivity contribution is 0.871. The highest BCUT2D eigenvalue weighted by Crippen LogP contribution is 2.26. The Balaban J connectivity index is 2.32. The van der Waals surface area contributed by atoms with E-state index in [-0.39, 0.29) is 5.28 Å². The fraction of sp³-hybridized carbons (Fsp3) is 0.182. The van der Waals surface area contributed by atoms with Gasteiger partial charge in [-0.3, -0.25) is 4.57 Å². The Morgan fingerprint density at radius 2 is 2.29 bits per heavy atom. The smallest absolute Gasteiger partial charge is 0.225 e. The zero-order valence-corrected chi connectivity index (χ0v) is 10.7. The summed E-state index contributed by atoms with van der Waals surface area (Å²) in [6.07, 6.45) is 4.52. The van der Waals surface area contributed by atoms with Gasteiger partial charge < -0.3 is 0 Å². The van der Waals surface area contributed by atoms with E-state index in [0.717, 1.165) is 28.3 Å². The molecule has 0 aliphatic carbocycles. The van der Waals surface area contributed by atoms with Gasteiger partial charge in [0.1, 0.15) is 10.7 Å². The maximum Gasteiger partial charge on any atom is 0.225 e. The highest BCUT2D eigenvalue weighted by molar-refractivity contribution is 7.16. The quantitative estimate of drug-likeness (QED) is 0.668. The highest BCUT2D eigenvalue weighted by atomic mass is 35.5. The number of thiophene rings is 1. The molecule has 17 heavy (non-hydrogen) atoms. The monoisotopic (exact) mass is 264 g/mol. The van der Waals surface area contributed by atoms with Crippen molar-refractivity contribution in [3.8, 4) is 5.82 Å². The molecule has 3 heterocycles. The van der Waals surface area contributed by atoms with Crippen LogP contribution < -0.4 is 0 Å². The molecule has 0 saturated heterocycles. The van der Waals surface area contributed by atoms with Crippen LogP contribution in [-0.2, 0) is 6.42 Å². The van der Waals surface area contributed by atoms with E-state index in [2.05, 4.69) is 21.9 Å². The SMILES string of the molecule is CCc1nccn1-c1nc(Cl)nc2sccc12. The van der Waals surface area contributed by atoms with Gasteiger partial charge in [0, 0.05) is 18.8 Å². The molecule has 0 spiro atoms. The predicted molar refractivity (Wildman–Crippen MR) is 68.9 cm³/mol. The third-order valence-electron chi connectivity index (χ3n) is 2.54. The minimum Gasteiger partial charge on any atom is -0.287 e. The average Bonchev–Trinajstić information content (AvgIpc) is 2.95. The first-order valence-electron chi connectivity index (χ1n) is 5.23. The zero-order chi connectivity index (χ0) is 11.8. The van der Waals surface area contributed by atoms with Gasteiger partial charge in [-0.15, -0.1) is 11.3 Å². The third-order valence-corrected chi connectivity index (χ3v) is 3.52. The van der Waals surface area contributed by atoms with Crippen LogP contribution in [0.5, 0.6) is 0 Å². The molecule has 0 N–H and O–H groups in total. The minimum absolute atomic E-state index is 0.269. The summed E-state index contributed by atoms with van der Waals surface area (Å²) in [7, 11) is 0. The second-order valence-corrected chi connectivity index (χ2v) is 4.76. The Hall–Kier alpha value is -1.46. The first-order chi connectivity index (χ1) is 8.29. The van der Waals surface area contributed by atoms with Crippen LogP contribution in [0.3, 0.4) is 0 Å². The van der Waals surface area contributed by atoms with E-state index in [1.165, 1.54) is 0 Å². The zero-order valence-electron chi connectivity index (χ0n) is 9.09. The van der Waals surface area contributed by atoms with E-state index in [4.69, 9.17) is 11.6 Å². The Bertz CT molecular complexity index is 673. The molecular weight excluding hydrogens is 256 g/mol. The van der Waals surface area contributed by atoms with Crippen LogP contribution in [0.15, 0.2) is 23.8 Å². The molecular formula is C11H9ClN4S. The van der Waals surface area contributed by atoms with Crippen molar-refractivity contribution < 1.29 is 0 Å². The van der Waals surface area contributed by atoms with Crippen LogP contribution in [-0.4, -0.2) is 19.5 Å². The number of nitrogens with zero attached hydrogens (tertiary/aromatic N) is 4. The van der Waals surface area contributed by atoms with Crippen LogP contribution in [0.4, 0.5) is 0 Å². The van der Waals surface area contributed by atoms with Crippen molar-refractivity contribution in [2.45, 2.75) is 13.3 Å². The van der Waals surface area contributed by atoms with Crippen molar-refractivity contribution in [1.29, 1.82) is 0 Å². The van der Waals surface area contributed by atoms with Crippen molar-refractivity contribution in [3.05, 3.63) is 34.9 Å². The summed E-state index contributed by atoms with van der Waals surface area (Å²) in [5.74, 6) is 1.77. The number of halogens is 1. The Morgan fingerprint density at radius 1 is 1.41 bits per heavy atom. The highest BCUT2D eigenvalue weighted by Gasteiger charge is 2.11. The predicted octanol–water partition coefficient (Wildman–Crippen LogP) is 3.09. The largest absolute Gasteiger partial charge is 0.287 e. The lowest BCUT2D eigenvalue weighted by Gasteiger charge is -2.06. The van der Waals surface area contributed by atoms with Crippen LogP contribution in [0.2, 0.25) is 5.28 Å². The maximum absolute atomic E-state index is 5.94. The summed E-state index contributed by atoms with van der Waals surface area (Å²) >= 11 is 7.50. The summed E-state index contributed by atoms with van der Waals surface area (Å²) in [6, 6.07) is 2.01. The number of hydrogen-bond donors (Lipinski definition) is 0. The first-order valence-corrected chi connectivity index (χ1v) is 6.48. The van der Waals surface area contributed by atoms with Gasteiger partial charge in [0.05, 0.1) is 5.39 Å². The lowest BCUT2D eigenvalue weighted by atomic mass is 10.3. The molecule has 4 nitrogen and oxygen atoms in total. The van der Waals surface area contributed by atoms with Crippen LogP contribution >= 0.6 is 22.9 Å². The Kier molecular flexibility index (Phi) is 2.57. The van der Waals surface area contributed by atoms with Crippen molar-refractivity contribution in [3.63, 3.8) is 0 Å². The van der Waals surface area contributed by atoms with Gasteiger partial charge >= 0.3 is 0 Å². The maximum atomic E-state index is 5.94. The summed E-state index contributed by atoms with van der Waals surface area (Å²) in [5, 5.41) is 3.26. The molecule has 0 aliphatic heterocycles. The molecule has 0 bridgehead atoms. The van der Waals surface area contributed by atoms with Crippen LogP contribution in [0.1, 0.15) is 12.7 Å². The van der Waals surface area contributed by atoms with E-state index in [1.54, 1.807) is 17.5 Å². The number of imidazole rings is 1. The fourth-order valence-corrected chi connectivity index (χ4v) is 2.76. The molecule has 0 radical (unpaired) electrons. The molecule has 0 aromatic carbocycles. The summed E-state index contributed by atoms with van der Waals surface area (Å²) < 4.78 is 1.96. The molecule has 0 amide bonds. The standard InChI is InChI=1S/C11H9ClN4S/c1-2-8-13-4-5-16(8)9-7-3-6-17-10(7)15-11(12)14-9/h3-6H,2H2,1H3. The first kappa shape index (κ1) is 10.7. The van der Waals surface area contributed by atoms with Gasteiger partial charge in [-0.2, -0.15) is 4.98 Å². The van der Waals surface area contributed by atoms with Crippen LogP contribution in [0.25, 0.3) is 16.0 Å². The molecule has 3 rings (SSSR count). The second-order valence-electron chi connectivity index (χ2n) is 3.52.